The molecule has 1 fully saturated rings. The lowest BCUT2D eigenvalue weighted by Gasteiger charge is -2.31. The summed E-state index contributed by atoms with van der Waals surface area (Å²) in [6.07, 6.45) is 18.7. The van der Waals surface area contributed by atoms with Gasteiger partial charge in [0.25, 0.3) is 0 Å². The van der Waals surface area contributed by atoms with Crippen molar-refractivity contribution in [3.63, 3.8) is 0 Å². The molecule has 5 rings (SSSR count). The maximum Gasteiger partial charge on any atom is 0.209 e. The van der Waals surface area contributed by atoms with E-state index in [4.69, 9.17) is 0 Å². The van der Waals surface area contributed by atoms with Crippen LogP contribution in [-0.2, 0) is 20.4 Å². The van der Waals surface area contributed by atoms with Gasteiger partial charge < -0.3 is 4.90 Å². The van der Waals surface area contributed by atoms with E-state index in [1.54, 1.807) is 0 Å². The van der Waals surface area contributed by atoms with E-state index in [9.17, 15) is 9.59 Å². The third kappa shape index (κ3) is 6.60. The number of nitrogens with zero attached hydrogens (tertiary/aromatic N) is 2. The van der Waals surface area contributed by atoms with Crippen LogP contribution in [0.5, 0.6) is 0 Å². The normalized spacial score (nSPS) is 20.4. The minimum Gasteiger partial charge on any atom is -0.344 e. The number of anilines is 1. The standard InChI is InChI=1S/C42H57N2O2/c1-7-9-11-13-15-21-27-43-35-25-19-17-23-33(35)41(3,4)37(43)29-31-39(45)32(40(31)46)30-38-42(5,6)34-24-18-20-26-36(34)44(38)28-22-16-14-12-10-8-2/h17-20,23-26,29-31H,7-16,21-22,27-28H2,1-6H3/q+1/b32-30?,37-29+. The number of benzene rings is 2. The first-order valence-corrected chi connectivity index (χ1v) is 18.3. The van der Waals surface area contributed by atoms with Gasteiger partial charge in [0.05, 0.1) is 11.0 Å². The number of fused-ring (bicyclic) bond motifs is 2. The molecule has 246 valence electrons. The van der Waals surface area contributed by atoms with Crippen molar-refractivity contribution in [3.8, 4) is 0 Å². The van der Waals surface area contributed by atoms with Crippen molar-refractivity contribution in [3.05, 3.63) is 83.1 Å². The van der Waals surface area contributed by atoms with Gasteiger partial charge in [-0.3, -0.25) is 9.59 Å². The van der Waals surface area contributed by atoms with Crippen molar-refractivity contribution in [2.75, 3.05) is 18.0 Å². The van der Waals surface area contributed by atoms with E-state index in [0.29, 0.717) is 5.57 Å². The summed E-state index contributed by atoms with van der Waals surface area (Å²) in [5.41, 5.74) is 6.95. The minimum atomic E-state index is -0.707. The molecule has 3 aliphatic rings. The number of hydrogen-bond donors (Lipinski definition) is 0. The van der Waals surface area contributed by atoms with Gasteiger partial charge >= 0.3 is 0 Å². The highest BCUT2D eigenvalue weighted by molar-refractivity contribution is 6.41. The fraction of sp³-hybridized carbons (Fsp3) is 0.548. The summed E-state index contributed by atoms with van der Waals surface area (Å²) in [6, 6.07) is 17.2. The summed E-state index contributed by atoms with van der Waals surface area (Å²) >= 11 is 0. The maximum absolute atomic E-state index is 13.9. The molecule has 2 heterocycles. The third-order valence-corrected chi connectivity index (χ3v) is 10.8. The van der Waals surface area contributed by atoms with Crippen LogP contribution in [0.1, 0.15) is 130 Å². The highest BCUT2D eigenvalue weighted by Gasteiger charge is 2.50. The zero-order chi connectivity index (χ0) is 32.9. The summed E-state index contributed by atoms with van der Waals surface area (Å²) in [6.45, 7) is 15.2. The van der Waals surface area contributed by atoms with E-state index in [1.165, 1.54) is 86.7 Å². The lowest BCUT2D eigenvalue weighted by Crippen LogP contribution is -2.43. The molecule has 1 aliphatic carbocycles. The van der Waals surface area contributed by atoms with E-state index >= 15 is 0 Å². The first kappa shape index (κ1) is 34.1. The molecule has 0 N–H and O–H groups in total. The second-order valence-electron chi connectivity index (χ2n) is 14.8. The maximum atomic E-state index is 13.9. The Kier molecular flexibility index (Phi) is 10.9. The van der Waals surface area contributed by atoms with E-state index in [1.807, 2.05) is 12.2 Å². The quantitative estimate of drug-likeness (QED) is 0.0616. The van der Waals surface area contributed by atoms with E-state index in [2.05, 4.69) is 99.5 Å². The topological polar surface area (TPSA) is 40.4 Å². The Bertz CT molecular complexity index is 1500. The van der Waals surface area contributed by atoms with E-state index < -0.39 is 5.92 Å². The SMILES string of the molecule is CCCCCCCCN1/C(=C/C2C(=O)C(=CC3=[N+](CCCCCCCC)c4ccccc4C3(C)C)C2=O)C(C)(C)c2ccccc21. The molecule has 46 heavy (non-hydrogen) atoms. The van der Waals surface area contributed by atoms with Crippen molar-refractivity contribution in [2.45, 2.75) is 129 Å². The molecule has 2 aromatic rings. The largest absolute Gasteiger partial charge is 0.344 e. The molecule has 0 atom stereocenters. The van der Waals surface area contributed by atoms with Gasteiger partial charge in [0, 0.05) is 47.5 Å². The van der Waals surface area contributed by atoms with Crippen molar-refractivity contribution in [1.82, 2.24) is 0 Å². The molecule has 0 radical (unpaired) electrons. The fourth-order valence-corrected chi connectivity index (χ4v) is 7.91. The summed E-state index contributed by atoms with van der Waals surface area (Å²) in [5, 5.41) is 0. The van der Waals surface area contributed by atoms with Gasteiger partial charge in [-0.1, -0.05) is 122 Å². The van der Waals surface area contributed by atoms with Crippen molar-refractivity contribution >= 4 is 28.7 Å². The molecule has 4 nitrogen and oxygen atoms in total. The van der Waals surface area contributed by atoms with Crippen LogP contribution in [0.2, 0.25) is 0 Å². The molecule has 0 spiro atoms. The molecule has 0 saturated heterocycles. The molecule has 1 saturated carbocycles. The summed E-state index contributed by atoms with van der Waals surface area (Å²) in [5.74, 6) is -0.786. The monoisotopic (exact) mass is 621 g/mol. The van der Waals surface area contributed by atoms with Crippen LogP contribution in [-0.4, -0.2) is 34.9 Å². The second kappa shape index (κ2) is 14.7. The molecule has 2 aliphatic heterocycles. The Morgan fingerprint density at radius 3 is 1.93 bits per heavy atom. The van der Waals surface area contributed by atoms with Crippen molar-refractivity contribution in [1.29, 1.82) is 0 Å². The number of para-hydroxylation sites is 2. The zero-order valence-corrected chi connectivity index (χ0v) is 29.5. The lowest BCUT2D eigenvalue weighted by atomic mass is 9.72. The molecular weight excluding hydrogens is 564 g/mol. The Hall–Kier alpha value is -3.27. The average Bonchev–Trinajstić information content (AvgIpc) is 3.40. The number of carbonyl (C=O) groups is 2. The first-order valence-electron chi connectivity index (χ1n) is 18.3. The van der Waals surface area contributed by atoms with Gasteiger partial charge in [0.2, 0.25) is 5.69 Å². The third-order valence-electron chi connectivity index (χ3n) is 10.8. The molecule has 0 unspecified atom stereocenters. The number of hydrogen-bond acceptors (Lipinski definition) is 3. The van der Waals surface area contributed by atoms with Crippen LogP contribution in [0.3, 0.4) is 0 Å². The Labute approximate surface area is 278 Å². The second-order valence-corrected chi connectivity index (χ2v) is 14.8. The fourth-order valence-electron chi connectivity index (χ4n) is 7.91. The highest BCUT2D eigenvalue weighted by atomic mass is 16.2. The number of carbonyl (C=O) groups excluding carboxylic acids is 2. The molecule has 2 aromatic carbocycles. The van der Waals surface area contributed by atoms with Gasteiger partial charge in [-0.15, -0.1) is 0 Å². The number of Topliss-reactive ketones (excluding diaryl/α,β-unsaturated/α-hetero) is 2. The van der Waals surface area contributed by atoms with Gasteiger partial charge in [0.1, 0.15) is 12.5 Å². The smallest absolute Gasteiger partial charge is 0.209 e. The van der Waals surface area contributed by atoms with Crippen LogP contribution in [0.4, 0.5) is 11.4 Å². The Morgan fingerprint density at radius 2 is 1.26 bits per heavy atom. The summed E-state index contributed by atoms with van der Waals surface area (Å²) in [4.78, 5) is 30.1. The lowest BCUT2D eigenvalue weighted by molar-refractivity contribution is -0.438. The molecule has 0 aromatic heterocycles. The van der Waals surface area contributed by atoms with E-state index in [0.717, 1.165) is 37.3 Å². The molecular formula is C42H57N2O2+. The Morgan fingerprint density at radius 1 is 0.696 bits per heavy atom. The molecule has 0 amide bonds. The number of allylic oxidation sites excluding steroid dienone is 4. The van der Waals surface area contributed by atoms with Gasteiger partial charge in [-0.25, -0.2) is 0 Å². The predicted molar refractivity (Wildman–Crippen MR) is 192 cm³/mol. The Balaban J connectivity index is 1.39. The predicted octanol–water partition coefficient (Wildman–Crippen LogP) is 10.2. The van der Waals surface area contributed by atoms with E-state index in [-0.39, 0.29) is 22.4 Å². The molecule has 0 bridgehead atoms. The van der Waals surface area contributed by atoms with Crippen LogP contribution in [0.25, 0.3) is 0 Å². The minimum absolute atomic E-state index is 0.0393. The van der Waals surface area contributed by atoms with Gasteiger partial charge in [-0.2, -0.15) is 4.58 Å². The number of rotatable bonds is 16. The van der Waals surface area contributed by atoms with Crippen molar-refractivity contribution in [2.24, 2.45) is 5.92 Å². The van der Waals surface area contributed by atoms with Crippen LogP contribution in [0, 0.1) is 5.92 Å². The summed E-state index contributed by atoms with van der Waals surface area (Å²) in [7, 11) is 0. The molecule has 4 heteroatoms. The van der Waals surface area contributed by atoms with Gasteiger partial charge in [0.15, 0.2) is 17.3 Å². The van der Waals surface area contributed by atoms with Crippen LogP contribution in [0.15, 0.2) is 72.0 Å². The van der Waals surface area contributed by atoms with Gasteiger partial charge in [-0.05, 0) is 44.4 Å². The number of ketones is 2. The number of unbranched alkanes of at least 4 members (excludes halogenated alkanes) is 10. The highest BCUT2D eigenvalue weighted by Crippen LogP contribution is 2.49. The zero-order valence-electron chi connectivity index (χ0n) is 29.5. The van der Waals surface area contributed by atoms with Crippen molar-refractivity contribution < 1.29 is 14.2 Å². The van der Waals surface area contributed by atoms with Crippen LogP contribution >= 0.6 is 0 Å². The summed E-state index contributed by atoms with van der Waals surface area (Å²) < 4.78 is 2.38. The first-order chi connectivity index (χ1) is 22.1. The average molecular weight is 622 g/mol. The van der Waals surface area contributed by atoms with Crippen LogP contribution < -0.4 is 4.90 Å².